The first-order valence-corrected chi connectivity index (χ1v) is 41.6. The number of unbranched alkanes of at least 4 members (excludes halogenated alkanes) is 7. The average molecular weight is 1660 g/mol. The minimum atomic E-state index is -1.49. The van der Waals surface area contributed by atoms with Crippen LogP contribution < -0.4 is 85.5 Å². The number of terminal acetylenes is 5. The molecule has 3 aliphatic heterocycles. The standard InChI is InChI=1S/C83H124N18O18/c1-6-11-41-67(103)85-47-24-17-33-59-76(112)96-61(35-18-25-48-86-68(104)42-12-7-2)78(114)98-63(37-21-28-50-88-70(106)44-14-9-4)82(118)100-53-30-39-65(100)80(116)91-55-72(108)93-58(32-16-23-46-84)75(111)95-60(34-20-27-52-90-74(110)57-102)77(113)97-62(36-19-26-49-87-69(105)43-13-8-3)79(115)99-64(38-22-29-51-89-71(107)45-15-10-5)83(119)101-54-31-40-66(101)81(117)92-56-73(109)94-59/h1-5,57-66H,11-56,84H2,(H,85,103)(H,86,104)(H,87,105)(H,88,106)(H,89,107)(H,90,110)(H,91,116)(H,92,117)(H,93,108)(H,94,109)(H,95,111)(H,96,112)(H,97,113)(H,98,114)(H,99,115)/t58-,59-,60-,61-,62-,63-,64-,65-,66-/m0/s1. The molecular formula is C83H124N18O18. The first-order chi connectivity index (χ1) is 57.3. The van der Waals surface area contributed by atoms with Gasteiger partial charge in [0.15, 0.2) is 0 Å². The number of nitrogens with one attached hydrogen (secondary N) is 15. The van der Waals surface area contributed by atoms with Gasteiger partial charge in [0.2, 0.25) is 101 Å². The van der Waals surface area contributed by atoms with Crippen molar-refractivity contribution in [3.05, 3.63) is 0 Å². The molecule has 119 heavy (non-hydrogen) atoms. The lowest BCUT2D eigenvalue weighted by Gasteiger charge is -2.30. The lowest BCUT2D eigenvalue weighted by Crippen LogP contribution is -2.59. The Morgan fingerprint density at radius 2 is 0.588 bits per heavy atom. The number of carbonyl (C=O) groups is 18. The molecule has 0 saturated carbocycles. The summed E-state index contributed by atoms with van der Waals surface area (Å²) < 4.78 is 0. The number of hydrogen-bond donors (Lipinski definition) is 16. The van der Waals surface area contributed by atoms with Crippen LogP contribution in [0.1, 0.15) is 225 Å². The monoisotopic (exact) mass is 1660 g/mol. The highest BCUT2D eigenvalue weighted by atomic mass is 16.2. The molecule has 0 aromatic heterocycles. The van der Waals surface area contributed by atoms with Gasteiger partial charge in [0.1, 0.15) is 54.4 Å². The molecule has 3 fully saturated rings. The summed E-state index contributed by atoms with van der Waals surface area (Å²) in [6.45, 7) is -0.665. The Kier molecular flexibility index (Phi) is 52.0. The van der Waals surface area contributed by atoms with Gasteiger partial charge in [-0.05, 0) is 167 Å². The minimum Gasteiger partial charge on any atom is -0.356 e. The topological polar surface area (TPSA) is 520 Å². The highest BCUT2D eigenvalue weighted by Crippen LogP contribution is 2.23. The molecule has 36 heteroatoms. The number of nitrogens with two attached hydrogens (primary N) is 1. The Morgan fingerprint density at radius 3 is 0.849 bits per heavy atom. The van der Waals surface area contributed by atoms with E-state index in [0.717, 1.165) is 0 Å². The largest absolute Gasteiger partial charge is 0.356 e. The fourth-order valence-corrected chi connectivity index (χ4v) is 13.4. The fraction of sp³-hybridized carbons (Fsp3) is 0.663. The molecule has 17 N–H and O–H groups in total. The van der Waals surface area contributed by atoms with Gasteiger partial charge in [0.05, 0.1) is 13.1 Å². The van der Waals surface area contributed by atoms with Gasteiger partial charge in [-0.1, -0.05) is 0 Å². The number of hydrogen-bond acceptors (Lipinski definition) is 19. The van der Waals surface area contributed by atoms with Crippen molar-refractivity contribution in [2.45, 2.75) is 279 Å². The summed E-state index contributed by atoms with van der Waals surface area (Å²) >= 11 is 0. The molecule has 3 aliphatic rings. The van der Waals surface area contributed by atoms with Crippen molar-refractivity contribution in [1.82, 2.24) is 89.6 Å². The van der Waals surface area contributed by atoms with Gasteiger partial charge in [0.25, 0.3) is 5.91 Å². The van der Waals surface area contributed by atoms with Crippen molar-refractivity contribution in [3.8, 4) is 61.7 Å². The van der Waals surface area contributed by atoms with Gasteiger partial charge >= 0.3 is 0 Å². The van der Waals surface area contributed by atoms with Crippen LogP contribution in [0, 0.1) is 61.7 Å². The number of fused-ring (bicyclic) bond motifs is 2. The molecular weight excluding hydrogens is 1540 g/mol. The maximum absolute atomic E-state index is 15.2. The summed E-state index contributed by atoms with van der Waals surface area (Å²) in [7, 11) is 0. The molecule has 17 amide bonds. The van der Waals surface area contributed by atoms with E-state index in [0.29, 0.717) is 12.8 Å². The minimum absolute atomic E-state index is 0.00501. The van der Waals surface area contributed by atoms with Gasteiger partial charge in [-0.15, -0.1) is 61.7 Å². The van der Waals surface area contributed by atoms with Gasteiger partial charge in [-0.25, -0.2) is 0 Å². The van der Waals surface area contributed by atoms with Crippen LogP contribution in [0.5, 0.6) is 0 Å². The molecule has 0 aromatic rings. The van der Waals surface area contributed by atoms with Crippen molar-refractivity contribution in [3.63, 3.8) is 0 Å². The second-order valence-corrected chi connectivity index (χ2v) is 29.3. The highest BCUT2D eigenvalue weighted by molar-refractivity contribution is 6.23. The Labute approximate surface area is 698 Å². The predicted octanol–water partition coefficient (Wildman–Crippen LogP) is -2.28. The van der Waals surface area contributed by atoms with Gasteiger partial charge in [0, 0.05) is 117 Å². The van der Waals surface area contributed by atoms with E-state index < -0.39 is 138 Å². The first-order valence-electron chi connectivity index (χ1n) is 41.6. The van der Waals surface area contributed by atoms with Crippen molar-refractivity contribution >= 4 is 107 Å². The third-order valence-electron chi connectivity index (χ3n) is 19.9. The molecule has 3 heterocycles. The zero-order chi connectivity index (χ0) is 87.5. The van der Waals surface area contributed by atoms with Crippen LogP contribution in [0.2, 0.25) is 0 Å². The van der Waals surface area contributed by atoms with E-state index in [9.17, 15) is 67.1 Å². The second-order valence-electron chi connectivity index (χ2n) is 29.3. The van der Waals surface area contributed by atoms with Crippen molar-refractivity contribution in [2.75, 3.05) is 72.0 Å². The van der Waals surface area contributed by atoms with Gasteiger partial charge in [-0.2, -0.15) is 0 Å². The molecule has 3 saturated heterocycles. The van der Waals surface area contributed by atoms with Crippen LogP contribution in [0.3, 0.4) is 0 Å². The van der Waals surface area contributed by atoms with Crippen LogP contribution in [0.25, 0.3) is 0 Å². The summed E-state index contributed by atoms with van der Waals surface area (Å²) in [4.78, 5) is 251. The van der Waals surface area contributed by atoms with Crippen LogP contribution in [0.4, 0.5) is 0 Å². The van der Waals surface area contributed by atoms with E-state index in [-0.39, 0.29) is 307 Å². The number of nitrogens with zero attached hydrogens (tertiary/aromatic N) is 2. The van der Waals surface area contributed by atoms with E-state index in [1.165, 1.54) is 9.80 Å². The maximum atomic E-state index is 15.2. The molecule has 0 radical (unpaired) electrons. The van der Waals surface area contributed by atoms with E-state index in [2.05, 4.69) is 109 Å². The Balaban J connectivity index is 2.31. The van der Waals surface area contributed by atoms with Crippen molar-refractivity contribution < 1.29 is 86.3 Å². The summed E-state index contributed by atoms with van der Waals surface area (Å²) in [6.07, 6.45) is 31.3. The molecule has 0 aromatic carbocycles. The van der Waals surface area contributed by atoms with Crippen LogP contribution in [0.15, 0.2) is 0 Å². The highest BCUT2D eigenvalue weighted by Gasteiger charge is 2.42. The third kappa shape index (κ3) is 42.4. The number of aldehydes is 1. The molecule has 0 aliphatic carbocycles. The fourth-order valence-electron chi connectivity index (χ4n) is 13.4. The summed E-state index contributed by atoms with van der Waals surface area (Å²) in [6, 6.07) is -12.6. The Bertz CT molecular complexity index is 3610. The first kappa shape index (κ1) is 102. The van der Waals surface area contributed by atoms with E-state index in [4.69, 9.17) is 37.9 Å². The summed E-state index contributed by atoms with van der Waals surface area (Å²) in [5.41, 5.74) is 5.87. The summed E-state index contributed by atoms with van der Waals surface area (Å²) in [5.74, 6) is 0.194. The SMILES string of the molecule is C#CCCC(=O)NCCCC[C@@H]1NC(=O)CNC(=O)[C@@H]2CCCN2C(=O)[C@H](CCCCNC(=O)CCC#C)NC(=O)[C@H](CCCCNC(=O)CCC#C)NC(=O)[C@H](CCCCNC(=O)C=O)NC(=O)[C@H](CCCCN)NC(=O)CNC(=O)[C@@H]2CCCN2C(=O)[C@H](CCCCNC(=O)CCC#C)NC(=O)[C@H](CCCCNC(=O)CCC#C)NC1=O. The quantitative estimate of drug-likeness (QED) is 0.0132. The van der Waals surface area contributed by atoms with Crippen molar-refractivity contribution in [1.29, 1.82) is 0 Å². The van der Waals surface area contributed by atoms with Crippen LogP contribution in [-0.2, 0) is 86.3 Å². The zero-order valence-corrected chi connectivity index (χ0v) is 68.5. The Morgan fingerprint density at radius 1 is 0.345 bits per heavy atom. The maximum Gasteiger partial charge on any atom is 0.284 e. The van der Waals surface area contributed by atoms with Crippen LogP contribution in [-0.4, -0.2) is 243 Å². The van der Waals surface area contributed by atoms with E-state index >= 15 is 19.2 Å². The van der Waals surface area contributed by atoms with Gasteiger partial charge < -0.3 is 95.3 Å². The number of carbonyl (C=O) groups excluding carboxylic acids is 18. The third-order valence-corrected chi connectivity index (χ3v) is 19.9. The molecule has 9 atom stereocenters. The number of rotatable bonds is 45. The smallest absolute Gasteiger partial charge is 0.284 e. The van der Waals surface area contributed by atoms with E-state index in [1.54, 1.807) is 0 Å². The normalized spacial score (nSPS) is 20.7. The molecule has 654 valence electrons. The second kappa shape index (κ2) is 60.8. The molecule has 3 rings (SSSR count). The molecule has 0 bridgehead atoms. The van der Waals surface area contributed by atoms with Gasteiger partial charge in [-0.3, -0.25) is 86.3 Å². The zero-order valence-electron chi connectivity index (χ0n) is 68.5. The summed E-state index contributed by atoms with van der Waals surface area (Å²) in [5, 5.41) is 40.5. The lowest BCUT2D eigenvalue weighted by molar-refractivity contribution is -0.142. The van der Waals surface area contributed by atoms with E-state index in [1.807, 2.05) is 0 Å². The number of amides is 17. The predicted molar refractivity (Wildman–Crippen MR) is 439 cm³/mol. The average Bonchev–Trinajstić information content (AvgIpc) is 1.73. The van der Waals surface area contributed by atoms with Crippen LogP contribution >= 0.6 is 0 Å². The molecule has 0 unspecified atom stereocenters. The Hall–Kier alpha value is -11.6. The lowest BCUT2D eigenvalue weighted by atomic mass is 10.0. The molecule has 36 nitrogen and oxygen atoms in total. The molecule has 0 spiro atoms. The van der Waals surface area contributed by atoms with Crippen molar-refractivity contribution in [2.24, 2.45) is 5.73 Å².